The molecular weight excluding hydrogens is 268 g/mol. The molecule has 0 saturated carbocycles. The van der Waals surface area contributed by atoms with Crippen molar-refractivity contribution in [3.63, 3.8) is 0 Å². The predicted molar refractivity (Wildman–Crippen MR) is 81.0 cm³/mol. The van der Waals surface area contributed by atoms with Crippen LogP contribution in [-0.2, 0) is 6.54 Å². The summed E-state index contributed by atoms with van der Waals surface area (Å²) in [6.07, 6.45) is 0. The maximum absolute atomic E-state index is 11.5. The van der Waals surface area contributed by atoms with E-state index in [1.165, 1.54) is 0 Å². The van der Waals surface area contributed by atoms with Crippen LogP contribution in [0.2, 0.25) is 0 Å². The first-order valence-electron chi connectivity index (χ1n) is 6.46. The number of hydrogen-bond donors (Lipinski definition) is 2. The first kappa shape index (κ1) is 14.8. The van der Waals surface area contributed by atoms with Crippen LogP contribution in [0, 0.1) is 0 Å². The number of anilines is 1. The van der Waals surface area contributed by atoms with Gasteiger partial charge in [0.1, 0.15) is 11.4 Å². The van der Waals surface area contributed by atoms with Gasteiger partial charge in [-0.15, -0.1) is 0 Å². The number of nitrogens with two attached hydrogens (primary N) is 1. The highest BCUT2D eigenvalue weighted by Gasteiger charge is 2.08. The van der Waals surface area contributed by atoms with Crippen LogP contribution in [0.15, 0.2) is 42.5 Å². The Balaban J connectivity index is 2.11. The van der Waals surface area contributed by atoms with Gasteiger partial charge >= 0.3 is 0 Å². The van der Waals surface area contributed by atoms with E-state index in [1.54, 1.807) is 19.2 Å². The fourth-order valence-electron chi connectivity index (χ4n) is 1.94. The number of nitrogens with zero attached hydrogens (tertiary/aromatic N) is 2. The Hall–Kier alpha value is -2.60. The summed E-state index contributed by atoms with van der Waals surface area (Å²) < 4.78 is 5.13. The van der Waals surface area contributed by atoms with E-state index < -0.39 is 5.91 Å². The van der Waals surface area contributed by atoms with E-state index in [1.807, 2.05) is 42.3 Å². The number of rotatable bonds is 5. The highest BCUT2D eigenvalue weighted by atomic mass is 16.5. The van der Waals surface area contributed by atoms with Gasteiger partial charge in [0, 0.05) is 12.7 Å². The molecule has 6 heteroatoms. The molecule has 0 aliphatic rings. The van der Waals surface area contributed by atoms with Crippen molar-refractivity contribution < 1.29 is 9.53 Å². The number of aromatic nitrogens is 1. The molecule has 0 spiro atoms. The Kier molecular flexibility index (Phi) is 4.73. The van der Waals surface area contributed by atoms with Gasteiger partial charge in [0.25, 0.3) is 5.91 Å². The summed E-state index contributed by atoms with van der Waals surface area (Å²) in [5, 5.41) is 0. The Morgan fingerprint density at radius 3 is 2.62 bits per heavy atom. The Labute approximate surface area is 123 Å². The first-order valence-corrected chi connectivity index (χ1v) is 6.46. The van der Waals surface area contributed by atoms with E-state index in [0.29, 0.717) is 12.2 Å². The van der Waals surface area contributed by atoms with Crippen LogP contribution >= 0.6 is 0 Å². The van der Waals surface area contributed by atoms with E-state index in [-0.39, 0.29) is 0 Å². The fourth-order valence-corrected chi connectivity index (χ4v) is 1.94. The molecule has 1 aromatic heterocycles. The maximum atomic E-state index is 11.5. The van der Waals surface area contributed by atoms with Crippen molar-refractivity contribution in [1.29, 1.82) is 0 Å². The van der Waals surface area contributed by atoms with Crippen LogP contribution in [0.25, 0.3) is 0 Å². The molecule has 0 unspecified atom stereocenters. The summed E-state index contributed by atoms with van der Waals surface area (Å²) in [5.41, 5.74) is 4.20. The monoisotopic (exact) mass is 286 g/mol. The third-order valence-electron chi connectivity index (χ3n) is 3.08. The minimum absolute atomic E-state index is 0.304. The van der Waals surface area contributed by atoms with Gasteiger partial charge in [-0.3, -0.25) is 10.2 Å². The van der Waals surface area contributed by atoms with Crippen LogP contribution in [0.1, 0.15) is 16.2 Å². The highest BCUT2D eigenvalue weighted by Crippen LogP contribution is 2.19. The van der Waals surface area contributed by atoms with Gasteiger partial charge in [-0.05, 0) is 36.4 Å². The molecule has 0 saturated heterocycles. The molecule has 2 rings (SSSR count). The van der Waals surface area contributed by atoms with Crippen molar-refractivity contribution >= 4 is 11.6 Å². The van der Waals surface area contributed by atoms with Crippen molar-refractivity contribution in [2.24, 2.45) is 5.84 Å². The number of hydrazine groups is 1. The molecule has 0 fully saturated rings. The molecular formula is C15H18N4O2. The van der Waals surface area contributed by atoms with Crippen molar-refractivity contribution in [3.05, 3.63) is 53.9 Å². The molecule has 3 N–H and O–H groups in total. The van der Waals surface area contributed by atoms with Crippen LogP contribution in [-0.4, -0.2) is 25.0 Å². The number of carbonyl (C=O) groups is 1. The van der Waals surface area contributed by atoms with Crippen LogP contribution in [0.5, 0.6) is 5.75 Å². The Morgan fingerprint density at radius 2 is 2.00 bits per heavy atom. The van der Waals surface area contributed by atoms with Crippen molar-refractivity contribution in [1.82, 2.24) is 10.4 Å². The van der Waals surface area contributed by atoms with Gasteiger partial charge in [-0.25, -0.2) is 10.8 Å². The molecule has 1 aromatic carbocycles. The lowest BCUT2D eigenvalue weighted by Crippen LogP contribution is -2.31. The van der Waals surface area contributed by atoms with Crippen molar-refractivity contribution in [2.75, 3.05) is 19.1 Å². The van der Waals surface area contributed by atoms with Crippen LogP contribution < -0.4 is 20.9 Å². The van der Waals surface area contributed by atoms with Gasteiger partial charge < -0.3 is 9.64 Å². The quantitative estimate of drug-likeness (QED) is 0.492. The van der Waals surface area contributed by atoms with E-state index in [0.717, 1.165) is 17.1 Å². The number of nitrogens with one attached hydrogen (secondary N) is 1. The van der Waals surface area contributed by atoms with Gasteiger partial charge in [0.15, 0.2) is 0 Å². The number of ether oxygens (including phenoxy) is 1. The smallest absolute Gasteiger partial charge is 0.283 e. The van der Waals surface area contributed by atoms with Gasteiger partial charge in [-0.2, -0.15) is 0 Å². The van der Waals surface area contributed by atoms with E-state index in [4.69, 9.17) is 10.6 Å². The zero-order valence-corrected chi connectivity index (χ0v) is 12.0. The normalized spacial score (nSPS) is 10.0. The Morgan fingerprint density at radius 1 is 1.29 bits per heavy atom. The third-order valence-corrected chi connectivity index (χ3v) is 3.08. The summed E-state index contributed by atoms with van der Waals surface area (Å²) in [7, 11) is 3.59. The molecule has 0 aliphatic carbocycles. The summed E-state index contributed by atoms with van der Waals surface area (Å²) in [6, 6.07) is 13.0. The number of pyridine rings is 1. The van der Waals surface area contributed by atoms with Gasteiger partial charge in [0.2, 0.25) is 0 Å². The molecule has 1 amide bonds. The first-order chi connectivity index (χ1) is 10.1. The topological polar surface area (TPSA) is 80.5 Å². The van der Waals surface area contributed by atoms with Crippen LogP contribution in [0.3, 0.4) is 0 Å². The number of carbonyl (C=O) groups excluding carboxylic acids is 1. The summed E-state index contributed by atoms with van der Waals surface area (Å²) in [5.74, 6) is 5.52. The molecule has 1 heterocycles. The number of amides is 1. The third kappa shape index (κ3) is 3.70. The lowest BCUT2D eigenvalue weighted by Gasteiger charge is -2.19. The van der Waals surface area contributed by atoms with E-state index in [2.05, 4.69) is 10.4 Å². The second-order valence-electron chi connectivity index (χ2n) is 4.54. The SMILES string of the molecule is COc1ccc(N(C)Cc2cccc(C(=O)NN)n2)cc1. The number of methoxy groups -OCH3 is 1. The lowest BCUT2D eigenvalue weighted by molar-refractivity contribution is 0.0948. The average Bonchev–Trinajstić information content (AvgIpc) is 2.54. The summed E-state index contributed by atoms with van der Waals surface area (Å²) >= 11 is 0. The number of nitrogen functional groups attached to an aromatic ring is 1. The van der Waals surface area contributed by atoms with Crippen molar-refractivity contribution in [3.8, 4) is 5.75 Å². The minimum Gasteiger partial charge on any atom is -0.497 e. The molecule has 110 valence electrons. The zero-order valence-electron chi connectivity index (χ0n) is 12.0. The fraction of sp³-hybridized carbons (Fsp3) is 0.200. The molecule has 21 heavy (non-hydrogen) atoms. The molecule has 0 atom stereocenters. The standard InChI is InChI=1S/C15H18N4O2/c1-19(12-6-8-13(21-2)9-7-12)10-11-4-3-5-14(17-11)15(20)18-16/h3-9H,10,16H2,1-2H3,(H,18,20). The molecule has 0 bridgehead atoms. The number of benzene rings is 1. The van der Waals surface area contributed by atoms with Gasteiger partial charge in [-0.1, -0.05) is 6.07 Å². The van der Waals surface area contributed by atoms with E-state index >= 15 is 0 Å². The minimum atomic E-state index is -0.399. The van der Waals surface area contributed by atoms with Crippen LogP contribution in [0.4, 0.5) is 5.69 Å². The maximum Gasteiger partial charge on any atom is 0.283 e. The predicted octanol–water partition coefficient (Wildman–Crippen LogP) is 1.33. The second kappa shape index (κ2) is 6.71. The summed E-state index contributed by atoms with van der Waals surface area (Å²) in [6.45, 7) is 0.581. The molecule has 2 aromatic rings. The van der Waals surface area contributed by atoms with Crippen molar-refractivity contribution in [2.45, 2.75) is 6.54 Å². The van der Waals surface area contributed by atoms with Gasteiger partial charge in [0.05, 0.1) is 19.3 Å². The molecule has 0 aliphatic heterocycles. The Bertz CT molecular complexity index is 613. The zero-order chi connectivity index (χ0) is 15.2. The summed E-state index contributed by atoms with van der Waals surface area (Å²) in [4.78, 5) is 17.8. The highest BCUT2D eigenvalue weighted by molar-refractivity contribution is 5.91. The average molecular weight is 286 g/mol. The van der Waals surface area contributed by atoms with E-state index in [9.17, 15) is 4.79 Å². The molecule has 0 radical (unpaired) electrons. The molecule has 6 nitrogen and oxygen atoms in total. The second-order valence-corrected chi connectivity index (χ2v) is 4.54. The number of hydrogen-bond acceptors (Lipinski definition) is 5. The lowest BCUT2D eigenvalue weighted by atomic mass is 10.2. The largest absolute Gasteiger partial charge is 0.497 e.